The summed E-state index contributed by atoms with van der Waals surface area (Å²) < 4.78 is 24.7. The first-order valence-electron chi connectivity index (χ1n) is 6.05. The van der Waals surface area contributed by atoms with Gasteiger partial charge in [0.2, 0.25) is 0 Å². The lowest BCUT2D eigenvalue weighted by Crippen LogP contribution is -2.34. The third kappa shape index (κ3) is 2.00. The molecule has 4 heteroatoms. The van der Waals surface area contributed by atoms with Gasteiger partial charge in [0.15, 0.2) is 9.84 Å². The minimum atomic E-state index is -3.14. The fourth-order valence-electron chi connectivity index (χ4n) is 2.56. The van der Waals surface area contributed by atoms with Crippen molar-refractivity contribution in [2.24, 2.45) is 0 Å². The molecule has 0 saturated carbocycles. The predicted octanol–water partition coefficient (Wildman–Crippen LogP) is 2.21. The standard InChI is InChI=1S/C13H19NO2S/c1-4-14-12-8-10(3)17(15,16)13-9(2)6-5-7-11(12)13/h5-7,10,12,14H,4,8H2,1-3H3. The van der Waals surface area contributed by atoms with Crippen molar-refractivity contribution >= 4 is 9.84 Å². The van der Waals surface area contributed by atoms with Crippen LogP contribution in [0, 0.1) is 6.92 Å². The normalized spacial score (nSPS) is 26.5. The van der Waals surface area contributed by atoms with Gasteiger partial charge in [0.25, 0.3) is 0 Å². The number of fused-ring (bicyclic) bond motifs is 1. The molecule has 1 aromatic rings. The van der Waals surface area contributed by atoms with Gasteiger partial charge in [-0.15, -0.1) is 0 Å². The van der Waals surface area contributed by atoms with Gasteiger partial charge in [-0.05, 0) is 37.9 Å². The Balaban J connectivity index is 2.63. The Morgan fingerprint density at radius 3 is 2.76 bits per heavy atom. The Labute approximate surface area is 103 Å². The number of nitrogens with one attached hydrogen (secondary N) is 1. The third-order valence-electron chi connectivity index (χ3n) is 3.45. The molecule has 2 rings (SSSR count). The molecule has 0 amide bonds. The molecule has 94 valence electrons. The van der Waals surface area contributed by atoms with E-state index in [0.29, 0.717) is 11.3 Å². The maximum atomic E-state index is 12.3. The highest BCUT2D eigenvalue weighted by atomic mass is 32.2. The number of sulfone groups is 1. The van der Waals surface area contributed by atoms with Crippen molar-refractivity contribution in [3.8, 4) is 0 Å². The summed E-state index contributed by atoms with van der Waals surface area (Å²) in [7, 11) is -3.14. The van der Waals surface area contributed by atoms with Gasteiger partial charge in [-0.2, -0.15) is 0 Å². The summed E-state index contributed by atoms with van der Waals surface area (Å²) in [6, 6.07) is 5.90. The highest BCUT2D eigenvalue weighted by molar-refractivity contribution is 7.92. The van der Waals surface area contributed by atoms with Crippen LogP contribution in [0.2, 0.25) is 0 Å². The Morgan fingerprint density at radius 2 is 2.12 bits per heavy atom. The average molecular weight is 253 g/mol. The Kier molecular flexibility index (Phi) is 3.27. The smallest absolute Gasteiger partial charge is 0.181 e. The van der Waals surface area contributed by atoms with E-state index in [9.17, 15) is 8.42 Å². The van der Waals surface area contributed by atoms with Crippen molar-refractivity contribution in [3.05, 3.63) is 29.3 Å². The fraction of sp³-hybridized carbons (Fsp3) is 0.538. The summed E-state index contributed by atoms with van der Waals surface area (Å²) in [5.41, 5.74) is 1.79. The van der Waals surface area contributed by atoms with E-state index in [2.05, 4.69) is 5.32 Å². The summed E-state index contributed by atoms with van der Waals surface area (Å²) in [5, 5.41) is 3.07. The number of benzene rings is 1. The summed E-state index contributed by atoms with van der Waals surface area (Å²) >= 11 is 0. The molecule has 1 aliphatic rings. The van der Waals surface area contributed by atoms with Crippen LogP contribution in [-0.2, 0) is 9.84 Å². The molecule has 17 heavy (non-hydrogen) atoms. The topological polar surface area (TPSA) is 46.2 Å². The number of rotatable bonds is 2. The van der Waals surface area contributed by atoms with Crippen LogP contribution in [0.4, 0.5) is 0 Å². The Hall–Kier alpha value is -0.870. The van der Waals surface area contributed by atoms with E-state index in [-0.39, 0.29) is 11.3 Å². The van der Waals surface area contributed by atoms with Crippen LogP contribution in [0.5, 0.6) is 0 Å². The first-order valence-corrected chi connectivity index (χ1v) is 7.60. The van der Waals surface area contributed by atoms with E-state index in [0.717, 1.165) is 17.7 Å². The molecule has 1 aliphatic heterocycles. The lowest BCUT2D eigenvalue weighted by atomic mass is 9.99. The second-order valence-corrected chi connectivity index (χ2v) is 7.00. The van der Waals surface area contributed by atoms with Crippen LogP contribution in [0.3, 0.4) is 0 Å². The van der Waals surface area contributed by atoms with Crippen molar-refractivity contribution in [3.63, 3.8) is 0 Å². The van der Waals surface area contributed by atoms with E-state index in [1.165, 1.54) is 0 Å². The lowest BCUT2D eigenvalue weighted by molar-refractivity contribution is 0.472. The average Bonchev–Trinajstić information content (AvgIpc) is 2.26. The van der Waals surface area contributed by atoms with Crippen molar-refractivity contribution in [2.75, 3.05) is 6.54 Å². The zero-order valence-corrected chi connectivity index (χ0v) is 11.3. The fourth-order valence-corrected chi connectivity index (χ4v) is 4.47. The molecule has 0 fully saturated rings. The molecule has 1 N–H and O–H groups in total. The third-order valence-corrected chi connectivity index (χ3v) is 5.83. The van der Waals surface area contributed by atoms with Crippen LogP contribution >= 0.6 is 0 Å². The SMILES string of the molecule is CCNC1CC(C)S(=O)(=O)c2c(C)cccc21. The molecule has 3 nitrogen and oxygen atoms in total. The van der Waals surface area contributed by atoms with Crippen molar-refractivity contribution < 1.29 is 8.42 Å². The van der Waals surface area contributed by atoms with Gasteiger partial charge in [-0.3, -0.25) is 0 Å². The molecule has 0 saturated heterocycles. The Bertz CT molecular complexity index is 522. The van der Waals surface area contributed by atoms with Crippen LogP contribution < -0.4 is 5.32 Å². The van der Waals surface area contributed by atoms with Crippen molar-refractivity contribution in [1.29, 1.82) is 0 Å². The van der Waals surface area contributed by atoms with E-state index in [1.807, 2.05) is 32.0 Å². The van der Waals surface area contributed by atoms with Gasteiger partial charge in [-0.1, -0.05) is 25.1 Å². The number of hydrogen-bond acceptors (Lipinski definition) is 3. The van der Waals surface area contributed by atoms with Gasteiger partial charge < -0.3 is 5.32 Å². The second kappa shape index (κ2) is 4.42. The monoisotopic (exact) mass is 253 g/mol. The molecule has 2 unspecified atom stereocenters. The molecule has 0 bridgehead atoms. The van der Waals surface area contributed by atoms with Gasteiger partial charge in [-0.25, -0.2) is 8.42 Å². The summed E-state index contributed by atoms with van der Waals surface area (Å²) in [6.45, 7) is 6.57. The molecule has 2 atom stereocenters. The van der Waals surface area contributed by atoms with Gasteiger partial charge in [0.1, 0.15) is 0 Å². The largest absolute Gasteiger partial charge is 0.310 e. The zero-order valence-electron chi connectivity index (χ0n) is 10.5. The van der Waals surface area contributed by atoms with Crippen molar-refractivity contribution in [1.82, 2.24) is 5.32 Å². The van der Waals surface area contributed by atoms with Crippen LogP contribution in [0.15, 0.2) is 23.1 Å². The minimum absolute atomic E-state index is 0.161. The van der Waals surface area contributed by atoms with Gasteiger partial charge >= 0.3 is 0 Å². The number of aryl methyl sites for hydroxylation is 1. The quantitative estimate of drug-likeness (QED) is 0.879. The van der Waals surface area contributed by atoms with Crippen LogP contribution in [0.25, 0.3) is 0 Å². The highest BCUT2D eigenvalue weighted by Crippen LogP contribution is 2.37. The highest BCUT2D eigenvalue weighted by Gasteiger charge is 2.36. The zero-order chi connectivity index (χ0) is 12.6. The molecular weight excluding hydrogens is 234 g/mol. The molecule has 0 aromatic heterocycles. The Morgan fingerprint density at radius 1 is 1.41 bits per heavy atom. The summed E-state index contributed by atoms with van der Waals surface area (Å²) in [6.07, 6.45) is 0.659. The van der Waals surface area contributed by atoms with E-state index >= 15 is 0 Å². The van der Waals surface area contributed by atoms with Crippen LogP contribution in [-0.4, -0.2) is 20.2 Å². The van der Waals surface area contributed by atoms with E-state index in [4.69, 9.17) is 0 Å². The molecule has 0 aliphatic carbocycles. The summed E-state index contributed by atoms with van der Waals surface area (Å²) in [4.78, 5) is 0.546. The maximum Gasteiger partial charge on any atom is 0.181 e. The second-order valence-electron chi connectivity index (χ2n) is 4.69. The molecule has 1 aromatic carbocycles. The molecule has 0 spiro atoms. The van der Waals surface area contributed by atoms with Gasteiger partial charge in [0.05, 0.1) is 10.1 Å². The first kappa shape index (κ1) is 12.6. The molecule has 1 heterocycles. The number of hydrogen-bond donors (Lipinski definition) is 1. The maximum absolute atomic E-state index is 12.3. The van der Waals surface area contributed by atoms with E-state index in [1.54, 1.807) is 6.92 Å². The molecular formula is C13H19NO2S. The van der Waals surface area contributed by atoms with E-state index < -0.39 is 9.84 Å². The summed E-state index contributed by atoms with van der Waals surface area (Å²) in [5.74, 6) is 0. The van der Waals surface area contributed by atoms with Gasteiger partial charge in [0, 0.05) is 6.04 Å². The predicted molar refractivity (Wildman–Crippen MR) is 68.9 cm³/mol. The molecule has 0 radical (unpaired) electrons. The minimum Gasteiger partial charge on any atom is -0.310 e. The van der Waals surface area contributed by atoms with Crippen molar-refractivity contribution in [2.45, 2.75) is 43.4 Å². The van der Waals surface area contributed by atoms with Crippen LogP contribution in [0.1, 0.15) is 37.4 Å². The lowest BCUT2D eigenvalue weighted by Gasteiger charge is -2.31. The first-order chi connectivity index (χ1) is 7.98.